The van der Waals surface area contributed by atoms with Gasteiger partial charge in [0.15, 0.2) is 0 Å². The molecule has 0 aliphatic heterocycles. The van der Waals surface area contributed by atoms with Gasteiger partial charge in [-0.1, -0.05) is 28.1 Å². The van der Waals surface area contributed by atoms with Gasteiger partial charge in [0.25, 0.3) is 0 Å². The van der Waals surface area contributed by atoms with Crippen LogP contribution in [0, 0.1) is 0 Å². The lowest BCUT2D eigenvalue weighted by atomic mass is 10.2. The third-order valence-electron chi connectivity index (χ3n) is 1.31. The average molecular weight is 226 g/mol. The minimum Gasteiger partial charge on any atom is -0.366 e. The number of amides is 1. The van der Waals surface area contributed by atoms with Gasteiger partial charge in [-0.15, -0.1) is 0 Å². The molecule has 0 fully saturated rings. The molecule has 1 amide bonds. The number of carbonyl (C=O) groups excluding carboxylic acids is 1. The summed E-state index contributed by atoms with van der Waals surface area (Å²) in [5.41, 5.74) is 5.89. The summed E-state index contributed by atoms with van der Waals surface area (Å²) in [6.45, 7) is 0. The van der Waals surface area contributed by atoms with Crippen molar-refractivity contribution in [3.8, 4) is 0 Å². The first-order valence-corrected chi connectivity index (χ1v) is 4.21. The van der Waals surface area contributed by atoms with Gasteiger partial charge in [-0.25, -0.2) is 0 Å². The molecule has 1 rings (SSSR count). The predicted molar refractivity (Wildman–Crippen MR) is 52.4 cm³/mol. The van der Waals surface area contributed by atoms with Gasteiger partial charge in [0, 0.05) is 10.5 Å². The molecule has 0 atom stereocenters. The van der Waals surface area contributed by atoms with Crippen molar-refractivity contribution < 1.29 is 4.79 Å². The Bertz CT molecular complexity index is 303. The maximum absolute atomic E-state index is 10.4. The largest absolute Gasteiger partial charge is 0.366 e. The SMILES string of the molecule is NC(=O)C=Cc1ccc(Br)cc1. The molecule has 12 heavy (non-hydrogen) atoms. The van der Waals surface area contributed by atoms with Crippen LogP contribution in [0.4, 0.5) is 0 Å². The third-order valence-corrected chi connectivity index (χ3v) is 1.84. The fourth-order valence-electron chi connectivity index (χ4n) is 0.752. The van der Waals surface area contributed by atoms with E-state index in [0.717, 1.165) is 10.0 Å². The molecule has 0 aliphatic rings. The van der Waals surface area contributed by atoms with E-state index in [1.54, 1.807) is 6.08 Å². The van der Waals surface area contributed by atoms with Gasteiger partial charge in [0.2, 0.25) is 5.91 Å². The van der Waals surface area contributed by atoms with E-state index in [4.69, 9.17) is 5.73 Å². The Morgan fingerprint density at radius 1 is 1.33 bits per heavy atom. The summed E-state index contributed by atoms with van der Waals surface area (Å²) in [6, 6.07) is 7.59. The molecule has 2 N–H and O–H groups in total. The van der Waals surface area contributed by atoms with Crippen LogP contribution in [-0.4, -0.2) is 5.91 Å². The smallest absolute Gasteiger partial charge is 0.241 e. The second-order valence-electron chi connectivity index (χ2n) is 2.29. The molecule has 0 bridgehead atoms. The summed E-state index contributed by atoms with van der Waals surface area (Å²) in [6.07, 6.45) is 3.01. The first kappa shape index (κ1) is 9.00. The standard InChI is InChI=1S/C9H8BrNO/c10-8-4-1-7(2-5-8)3-6-9(11)12/h1-6H,(H2,11,12). The molecule has 3 heteroatoms. The molecule has 0 unspecified atom stereocenters. The minimum atomic E-state index is -0.432. The Labute approximate surface area is 79.2 Å². The number of carbonyl (C=O) groups is 1. The summed E-state index contributed by atoms with van der Waals surface area (Å²) in [4.78, 5) is 10.4. The summed E-state index contributed by atoms with van der Waals surface area (Å²) >= 11 is 3.31. The van der Waals surface area contributed by atoms with Crippen molar-refractivity contribution >= 4 is 27.9 Å². The van der Waals surface area contributed by atoms with Crippen LogP contribution in [-0.2, 0) is 4.79 Å². The lowest BCUT2D eigenvalue weighted by molar-refractivity contribution is -0.113. The maximum atomic E-state index is 10.4. The number of hydrogen-bond donors (Lipinski definition) is 1. The van der Waals surface area contributed by atoms with Gasteiger partial charge in [-0.3, -0.25) is 4.79 Å². The number of hydrogen-bond acceptors (Lipinski definition) is 1. The highest BCUT2D eigenvalue weighted by molar-refractivity contribution is 9.10. The molecule has 0 aromatic heterocycles. The number of benzene rings is 1. The Kier molecular flexibility index (Phi) is 3.05. The first-order chi connectivity index (χ1) is 5.68. The fourth-order valence-corrected chi connectivity index (χ4v) is 1.02. The second-order valence-corrected chi connectivity index (χ2v) is 3.20. The Morgan fingerprint density at radius 2 is 1.92 bits per heavy atom. The summed E-state index contributed by atoms with van der Waals surface area (Å²) in [7, 11) is 0. The summed E-state index contributed by atoms with van der Waals surface area (Å²) in [5, 5.41) is 0. The predicted octanol–water partition coefficient (Wildman–Crippen LogP) is 1.95. The van der Waals surface area contributed by atoms with Crippen LogP contribution in [0.25, 0.3) is 6.08 Å². The molecule has 0 heterocycles. The molecular weight excluding hydrogens is 218 g/mol. The van der Waals surface area contributed by atoms with Crippen LogP contribution in [0.5, 0.6) is 0 Å². The van der Waals surface area contributed by atoms with Gasteiger partial charge in [-0.2, -0.15) is 0 Å². The number of nitrogens with two attached hydrogens (primary N) is 1. The van der Waals surface area contributed by atoms with Crippen LogP contribution >= 0.6 is 15.9 Å². The second kappa shape index (κ2) is 4.07. The molecule has 1 aromatic carbocycles. The third kappa shape index (κ3) is 2.88. The van der Waals surface area contributed by atoms with E-state index in [0.29, 0.717) is 0 Å². The monoisotopic (exact) mass is 225 g/mol. The highest BCUT2D eigenvalue weighted by Gasteiger charge is 1.87. The summed E-state index contributed by atoms with van der Waals surface area (Å²) in [5.74, 6) is -0.432. The van der Waals surface area contributed by atoms with Crippen molar-refractivity contribution in [1.82, 2.24) is 0 Å². The van der Waals surface area contributed by atoms with Gasteiger partial charge < -0.3 is 5.73 Å². The van der Waals surface area contributed by atoms with Gasteiger partial charge in [0.1, 0.15) is 0 Å². The lowest BCUT2D eigenvalue weighted by Gasteiger charge is -1.91. The number of rotatable bonds is 2. The zero-order chi connectivity index (χ0) is 8.97. The summed E-state index contributed by atoms with van der Waals surface area (Å²) < 4.78 is 1.01. The van der Waals surface area contributed by atoms with E-state index >= 15 is 0 Å². The Morgan fingerprint density at radius 3 is 2.42 bits per heavy atom. The van der Waals surface area contributed by atoms with Crippen LogP contribution < -0.4 is 5.73 Å². The van der Waals surface area contributed by atoms with E-state index in [2.05, 4.69) is 15.9 Å². The Balaban J connectivity index is 2.77. The van der Waals surface area contributed by atoms with Gasteiger partial charge in [-0.05, 0) is 23.8 Å². The molecule has 0 spiro atoms. The molecule has 0 aliphatic carbocycles. The van der Waals surface area contributed by atoms with Crippen molar-refractivity contribution in [3.05, 3.63) is 40.4 Å². The lowest BCUT2D eigenvalue weighted by Crippen LogP contribution is -2.04. The normalized spacial score (nSPS) is 10.4. The zero-order valence-electron chi connectivity index (χ0n) is 6.33. The van der Waals surface area contributed by atoms with Crippen LogP contribution in [0.3, 0.4) is 0 Å². The van der Waals surface area contributed by atoms with E-state index < -0.39 is 5.91 Å². The molecular formula is C9H8BrNO. The quantitative estimate of drug-likeness (QED) is 0.769. The fraction of sp³-hybridized carbons (Fsp3) is 0. The van der Waals surface area contributed by atoms with Crippen LogP contribution in [0.15, 0.2) is 34.8 Å². The topological polar surface area (TPSA) is 43.1 Å². The number of halogens is 1. The van der Waals surface area contributed by atoms with Gasteiger partial charge >= 0.3 is 0 Å². The van der Waals surface area contributed by atoms with Crippen molar-refractivity contribution in [2.45, 2.75) is 0 Å². The van der Waals surface area contributed by atoms with Crippen LogP contribution in [0.2, 0.25) is 0 Å². The van der Waals surface area contributed by atoms with Crippen LogP contribution in [0.1, 0.15) is 5.56 Å². The van der Waals surface area contributed by atoms with E-state index in [9.17, 15) is 4.79 Å². The van der Waals surface area contributed by atoms with Gasteiger partial charge in [0.05, 0.1) is 0 Å². The zero-order valence-corrected chi connectivity index (χ0v) is 7.91. The molecule has 2 nitrogen and oxygen atoms in total. The molecule has 0 saturated heterocycles. The first-order valence-electron chi connectivity index (χ1n) is 3.41. The van der Waals surface area contributed by atoms with E-state index in [1.807, 2.05) is 24.3 Å². The highest BCUT2D eigenvalue weighted by Crippen LogP contribution is 2.11. The van der Waals surface area contributed by atoms with E-state index in [-0.39, 0.29) is 0 Å². The minimum absolute atomic E-state index is 0.432. The van der Waals surface area contributed by atoms with Crippen molar-refractivity contribution in [2.24, 2.45) is 5.73 Å². The molecule has 1 aromatic rings. The highest BCUT2D eigenvalue weighted by atomic mass is 79.9. The van der Waals surface area contributed by atoms with Crippen molar-refractivity contribution in [1.29, 1.82) is 0 Å². The average Bonchev–Trinajstić information content (AvgIpc) is 2.03. The maximum Gasteiger partial charge on any atom is 0.241 e. The van der Waals surface area contributed by atoms with Crippen molar-refractivity contribution in [3.63, 3.8) is 0 Å². The molecule has 0 saturated carbocycles. The molecule has 62 valence electrons. The number of primary amides is 1. The van der Waals surface area contributed by atoms with Crippen molar-refractivity contribution in [2.75, 3.05) is 0 Å². The van der Waals surface area contributed by atoms with E-state index in [1.165, 1.54) is 6.08 Å². The Hall–Kier alpha value is -1.09. The molecule has 0 radical (unpaired) electrons.